The first-order valence-electron chi connectivity index (χ1n) is 15.9. The topological polar surface area (TPSA) is 142 Å². The summed E-state index contributed by atoms with van der Waals surface area (Å²) in [5.74, 6) is -1.53. The van der Waals surface area contributed by atoms with Crippen LogP contribution >= 0.6 is 0 Å². The van der Waals surface area contributed by atoms with Crippen LogP contribution in [0, 0.1) is 13.8 Å². The quantitative estimate of drug-likeness (QED) is 0.0493. The molecule has 0 aromatic heterocycles. The molecule has 0 heterocycles. The first-order valence-corrected chi connectivity index (χ1v) is 15.9. The molecule has 0 N–H and O–H groups in total. The van der Waals surface area contributed by atoms with Crippen LogP contribution in [-0.2, 0) is 39.1 Å². The van der Waals surface area contributed by atoms with E-state index >= 15 is 0 Å². The number of hydrogen-bond acceptors (Lipinski definition) is 12. The molecule has 0 unspecified atom stereocenters. The van der Waals surface area contributed by atoms with Gasteiger partial charge in [-0.2, -0.15) is 0 Å². The van der Waals surface area contributed by atoms with Crippen molar-refractivity contribution >= 4 is 24.2 Å². The molecule has 0 aliphatic heterocycles. The summed E-state index contributed by atoms with van der Waals surface area (Å²) in [4.78, 5) is 64.2. The minimum absolute atomic E-state index is 0.205. The van der Waals surface area contributed by atoms with Crippen molar-refractivity contribution in [3.05, 3.63) is 70.8 Å². The molecule has 0 fully saturated rings. The van der Waals surface area contributed by atoms with Crippen LogP contribution in [0.1, 0.15) is 122 Å². The first-order chi connectivity index (χ1) is 22.4. The maximum Gasteiger partial charge on any atom is 0.543 e. The maximum absolute atomic E-state index is 11.8. The minimum atomic E-state index is -1.06. The fraction of sp³-hybridized carbons (Fsp3) is 0.529. The Morgan fingerprint density at radius 2 is 0.739 bits per heavy atom. The molecule has 0 saturated heterocycles. The van der Waals surface area contributed by atoms with Crippen LogP contribution in [0.15, 0.2) is 48.5 Å². The SMILES string of the molecule is Cc1ccccc1C(=O)OOOC(=O)OCCCCCCCCCCCCCCCCOC(=O)OOOC(=O)c1ccccc1C. The summed E-state index contributed by atoms with van der Waals surface area (Å²) < 4.78 is 9.79. The van der Waals surface area contributed by atoms with Crippen LogP contribution in [0.2, 0.25) is 0 Å². The smallest absolute Gasteiger partial charge is 0.432 e. The van der Waals surface area contributed by atoms with E-state index in [2.05, 4.69) is 29.6 Å². The number of ether oxygens (including phenoxy) is 2. The van der Waals surface area contributed by atoms with E-state index in [4.69, 9.17) is 9.47 Å². The molecular formula is C34H46O12. The fourth-order valence-corrected chi connectivity index (χ4v) is 4.53. The Balaban J connectivity index is 1.27. The lowest BCUT2D eigenvalue weighted by molar-refractivity contribution is -0.452. The van der Waals surface area contributed by atoms with E-state index in [1.807, 2.05) is 0 Å². The highest BCUT2D eigenvalue weighted by molar-refractivity contribution is 5.91. The molecule has 46 heavy (non-hydrogen) atoms. The van der Waals surface area contributed by atoms with Gasteiger partial charge in [0.1, 0.15) is 0 Å². The molecule has 254 valence electrons. The van der Waals surface area contributed by atoms with Crippen molar-refractivity contribution in [3.8, 4) is 0 Å². The molecule has 2 aromatic rings. The van der Waals surface area contributed by atoms with Gasteiger partial charge in [0.2, 0.25) is 0 Å². The highest BCUT2D eigenvalue weighted by atomic mass is 17.5. The lowest BCUT2D eigenvalue weighted by Crippen LogP contribution is -2.13. The van der Waals surface area contributed by atoms with E-state index in [9.17, 15) is 19.2 Å². The Morgan fingerprint density at radius 1 is 0.435 bits per heavy atom. The third-order valence-electron chi connectivity index (χ3n) is 7.13. The molecular weight excluding hydrogens is 600 g/mol. The lowest BCUT2D eigenvalue weighted by Gasteiger charge is -2.06. The van der Waals surface area contributed by atoms with Gasteiger partial charge < -0.3 is 9.47 Å². The maximum atomic E-state index is 11.8. The summed E-state index contributed by atoms with van der Waals surface area (Å²) in [5, 5.41) is 8.45. The van der Waals surface area contributed by atoms with Crippen LogP contribution in [0.4, 0.5) is 9.59 Å². The van der Waals surface area contributed by atoms with Gasteiger partial charge in [-0.3, -0.25) is 9.78 Å². The van der Waals surface area contributed by atoms with Crippen molar-refractivity contribution < 1.29 is 58.3 Å². The summed E-state index contributed by atoms with van der Waals surface area (Å²) in [6, 6.07) is 13.6. The third kappa shape index (κ3) is 17.4. The van der Waals surface area contributed by atoms with Gasteiger partial charge in [0, 0.05) is 0 Å². The normalized spacial score (nSPS) is 10.6. The molecule has 0 aliphatic carbocycles. The van der Waals surface area contributed by atoms with Crippen LogP contribution in [0.25, 0.3) is 0 Å². The number of hydrogen-bond donors (Lipinski definition) is 0. The molecule has 2 rings (SSSR count). The van der Waals surface area contributed by atoms with E-state index in [-0.39, 0.29) is 13.2 Å². The summed E-state index contributed by atoms with van der Waals surface area (Å²) in [6.07, 6.45) is 12.9. The highest BCUT2D eigenvalue weighted by Gasteiger charge is 2.15. The molecule has 0 saturated carbocycles. The molecule has 12 nitrogen and oxygen atoms in total. The van der Waals surface area contributed by atoms with Gasteiger partial charge in [-0.25, -0.2) is 29.0 Å². The first kappa shape index (κ1) is 38.0. The van der Waals surface area contributed by atoms with E-state index in [1.54, 1.807) is 62.4 Å². The van der Waals surface area contributed by atoms with Crippen molar-refractivity contribution in [3.63, 3.8) is 0 Å². The molecule has 0 bridgehead atoms. The average Bonchev–Trinajstić information content (AvgIpc) is 3.04. The second kappa shape index (κ2) is 24.1. The zero-order valence-corrected chi connectivity index (χ0v) is 26.8. The Bertz CT molecular complexity index is 1090. The monoisotopic (exact) mass is 646 g/mol. The van der Waals surface area contributed by atoms with Gasteiger partial charge in [0.25, 0.3) is 0 Å². The zero-order chi connectivity index (χ0) is 33.2. The summed E-state index contributed by atoms with van der Waals surface area (Å²) in [7, 11) is 0. The number of rotatable bonds is 23. The third-order valence-corrected chi connectivity index (χ3v) is 7.13. The summed E-state index contributed by atoms with van der Waals surface area (Å²) in [6.45, 7) is 3.91. The van der Waals surface area contributed by atoms with Crippen LogP contribution in [0.3, 0.4) is 0 Å². The van der Waals surface area contributed by atoms with Crippen LogP contribution < -0.4 is 0 Å². The molecule has 0 spiro atoms. The van der Waals surface area contributed by atoms with Crippen molar-refractivity contribution in [2.24, 2.45) is 0 Å². The minimum Gasteiger partial charge on any atom is -0.432 e. The molecule has 12 heteroatoms. The van der Waals surface area contributed by atoms with Crippen molar-refractivity contribution in [2.45, 2.75) is 104 Å². The van der Waals surface area contributed by atoms with E-state index in [0.717, 1.165) is 51.4 Å². The van der Waals surface area contributed by atoms with Crippen LogP contribution in [-0.4, -0.2) is 37.5 Å². The standard InChI is InChI=1S/C34H46O12/c1-27-21-15-17-23-29(27)31(35)41-45-43-33(37)39-25-19-13-11-9-7-5-3-4-6-8-10-12-14-20-26-40-34(38)44-46-42-32(36)30-24-18-16-22-28(30)2/h15-18,21-24H,3-14,19-20,25-26H2,1-2H3. The van der Waals surface area contributed by atoms with Crippen molar-refractivity contribution in [1.29, 1.82) is 0 Å². The average molecular weight is 647 g/mol. The highest BCUT2D eigenvalue weighted by Crippen LogP contribution is 2.14. The molecule has 2 aromatic carbocycles. The van der Waals surface area contributed by atoms with Crippen molar-refractivity contribution in [2.75, 3.05) is 13.2 Å². The van der Waals surface area contributed by atoms with Crippen LogP contribution in [0.5, 0.6) is 0 Å². The number of unbranched alkanes of at least 4 members (excludes halogenated alkanes) is 13. The molecule has 0 atom stereocenters. The predicted molar refractivity (Wildman–Crippen MR) is 165 cm³/mol. The van der Waals surface area contributed by atoms with E-state index < -0.39 is 24.2 Å². The Kier molecular flexibility index (Phi) is 19.9. The van der Waals surface area contributed by atoms with Crippen molar-refractivity contribution in [1.82, 2.24) is 0 Å². The Morgan fingerprint density at radius 3 is 1.07 bits per heavy atom. The zero-order valence-electron chi connectivity index (χ0n) is 26.8. The largest absolute Gasteiger partial charge is 0.543 e. The lowest BCUT2D eigenvalue weighted by atomic mass is 10.0. The van der Waals surface area contributed by atoms with Gasteiger partial charge in [-0.05, 0) is 49.9 Å². The number of aryl methyl sites for hydroxylation is 2. The van der Waals surface area contributed by atoms with Gasteiger partial charge in [-0.1, -0.05) is 113 Å². The number of carbonyl (C=O) groups excluding carboxylic acids is 4. The second-order valence-corrected chi connectivity index (χ2v) is 10.8. The number of benzene rings is 2. The number of carbonyl (C=O) groups is 4. The fourth-order valence-electron chi connectivity index (χ4n) is 4.53. The Hall–Kier alpha value is -4.16. The van der Waals surface area contributed by atoms with E-state index in [0.29, 0.717) is 22.3 Å². The molecule has 0 aliphatic rings. The summed E-state index contributed by atoms with van der Waals surface area (Å²) in [5.41, 5.74) is 2.04. The van der Waals surface area contributed by atoms with Gasteiger partial charge in [-0.15, -0.1) is 0 Å². The van der Waals surface area contributed by atoms with E-state index in [1.165, 1.54) is 38.5 Å². The second-order valence-electron chi connectivity index (χ2n) is 10.8. The molecule has 0 radical (unpaired) electrons. The molecule has 0 amide bonds. The van der Waals surface area contributed by atoms with Gasteiger partial charge in [0.05, 0.1) is 34.4 Å². The predicted octanol–water partition coefficient (Wildman–Crippen LogP) is 8.78. The Labute approximate surface area is 270 Å². The van der Waals surface area contributed by atoms with Gasteiger partial charge >= 0.3 is 24.2 Å². The summed E-state index contributed by atoms with van der Waals surface area (Å²) >= 11 is 0. The van der Waals surface area contributed by atoms with Gasteiger partial charge in [0.15, 0.2) is 0 Å².